The number of furan rings is 1. The fourth-order valence-electron chi connectivity index (χ4n) is 2.47. The van der Waals surface area contributed by atoms with Gasteiger partial charge in [-0.15, -0.1) is 11.8 Å². The second-order valence-electron chi connectivity index (χ2n) is 6.45. The number of carbonyl (C=O) groups excluding carboxylic acids is 2. The van der Waals surface area contributed by atoms with Gasteiger partial charge < -0.3 is 9.73 Å². The van der Waals surface area contributed by atoms with Gasteiger partial charge in [-0.25, -0.2) is 0 Å². The molecule has 1 amide bonds. The molecule has 1 aromatic heterocycles. The Morgan fingerprint density at radius 1 is 1.12 bits per heavy atom. The SMILES string of the molecule is CC(C)CC(=O)N[C@@H](Cc1ccccc1)C(=O)CSCc1ccco1. The number of thioether (sulfide) groups is 1. The summed E-state index contributed by atoms with van der Waals surface area (Å²) >= 11 is 1.50. The van der Waals surface area contributed by atoms with Crippen molar-refractivity contribution in [2.75, 3.05) is 5.75 Å². The highest BCUT2D eigenvalue weighted by atomic mass is 32.2. The summed E-state index contributed by atoms with van der Waals surface area (Å²) in [6.45, 7) is 3.99. The Kier molecular flexibility index (Phi) is 7.79. The number of rotatable bonds is 10. The molecule has 5 heteroatoms. The smallest absolute Gasteiger partial charge is 0.220 e. The van der Waals surface area contributed by atoms with Gasteiger partial charge in [-0.2, -0.15) is 0 Å². The zero-order chi connectivity index (χ0) is 18.1. The van der Waals surface area contributed by atoms with Gasteiger partial charge in [0.25, 0.3) is 0 Å². The summed E-state index contributed by atoms with van der Waals surface area (Å²) in [7, 11) is 0. The van der Waals surface area contributed by atoms with Crippen LogP contribution in [0.4, 0.5) is 0 Å². The average Bonchev–Trinajstić information content (AvgIpc) is 3.07. The van der Waals surface area contributed by atoms with Crippen LogP contribution in [0.15, 0.2) is 53.1 Å². The van der Waals surface area contributed by atoms with Gasteiger partial charge in [-0.3, -0.25) is 9.59 Å². The summed E-state index contributed by atoms with van der Waals surface area (Å²) in [5, 5.41) is 2.92. The third kappa shape index (κ3) is 7.18. The Labute approximate surface area is 153 Å². The minimum absolute atomic E-state index is 0.0394. The summed E-state index contributed by atoms with van der Waals surface area (Å²) < 4.78 is 5.28. The van der Waals surface area contributed by atoms with Crippen LogP contribution < -0.4 is 5.32 Å². The second kappa shape index (κ2) is 10.1. The molecule has 1 atom stereocenters. The van der Waals surface area contributed by atoms with Gasteiger partial charge in [0.2, 0.25) is 5.91 Å². The maximum Gasteiger partial charge on any atom is 0.220 e. The number of hydrogen-bond donors (Lipinski definition) is 1. The second-order valence-corrected chi connectivity index (χ2v) is 7.43. The lowest BCUT2D eigenvalue weighted by molar-refractivity contribution is -0.127. The van der Waals surface area contributed by atoms with Crippen LogP contribution in [0.5, 0.6) is 0 Å². The molecule has 0 spiro atoms. The van der Waals surface area contributed by atoms with Gasteiger partial charge in [0.05, 0.1) is 23.8 Å². The molecule has 25 heavy (non-hydrogen) atoms. The summed E-state index contributed by atoms with van der Waals surface area (Å²) in [5.74, 6) is 2.08. The normalized spacial score (nSPS) is 12.1. The van der Waals surface area contributed by atoms with Crippen molar-refractivity contribution in [1.29, 1.82) is 0 Å². The van der Waals surface area contributed by atoms with E-state index in [1.165, 1.54) is 11.8 Å². The van der Waals surface area contributed by atoms with E-state index < -0.39 is 6.04 Å². The van der Waals surface area contributed by atoms with E-state index >= 15 is 0 Å². The zero-order valence-corrected chi connectivity index (χ0v) is 15.6. The Balaban J connectivity index is 1.93. The van der Waals surface area contributed by atoms with Crippen LogP contribution in [0.25, 0.3) is 0 Å². The molecule has 0 aliphatic carbocycles. The predicted octanol–water partition coefficient (Wildman–Crippen LogP) is 3.86. The monoisotopic (exact) mass is 359 g/mol. The molecule has 134 valence electrons. The molecule has 1 aromatic carbocycles. The summed E-state index contributed by atoms with van der Waals surface area (Å²) in [4.78, 5) is 24.8. The quantitative estimate of drug-likeness (QED) is 0.700. The first-order valence-electron chi connectivity index (χ1n) is 8.50. The first-order chi connectivity index (χ1) is 12.0. The number of carbonyl (C=O) groups is 2. The fraction of sp³-hybridized carbons (Fsp3) is 0.400. The van der Waals surface area contributed by atoms with E-state index in [2.05, 4.69) is 5.32 Å². The molecular formula is C20H25NO3S. The lowest BCUT2D eigenvalue weighted by Gasteiger charge is -2.18. The van der Waals surface area contributed by atoms with Gasteiger partial charge in [0.1, 0.15) is 5.76 Å². The highest BCUT2D eigenvalue weighted by Gasteiger charge is 2.21. The third-order valence-electron chi connectivity index (χ3n) is 3.67. The van der Waals surface area contributed by atoms with Gasteiger partial charge in [-0.1, -0.05) is 44.2 Å². The summed E-state index contributed by atoms with van der Waals surface area (Å²) in [5.41, 5.74) is 1.04. The average molecular weight is 359 g/mol. The van der Waals surface area contributed by atoms with E-state index in [-0.39, 0.29) is 17.6 Å². The van der Waals surface area contributed by atoms with Gasteiger partial charge in [0, 0.05) is 6.42 Å². The molecule has 1 heterocycles. The predicted molar refractivity (Wildman–Crippen MR) is 101 cm³/mol. The molecule has 1 N–H and O–H groups in total. The molecule has 0 radical (unpaired) electrons. The van der Waals surface area contributed by atoms with Crippen molar-refractivity contribution in [3.05, 3.63) is 60.1 Å². The van der Waals surface area contributed by atoms with Crippen molar-refractivity contribution in [3.8, 4) is 0 Å². The van der Waals surface area contributed by atoms with Crippen LogP contribution in [0.2, 0.25) is 0 Å². The van der Waals surface area contributed by atoms with Gasteiger partial charge in [0.15, 0.2) is 5.78 Å². The van der Waals surface area contributed by atoms with Crippen LogP contribution >= 0.6 is 11.8 Å². The van der Waals surface area contributed by atoms with E-state index in [0.717, 1.165) is 11.3 Å². The minimum Gasteiger partial charge on any atom is -0.468 e. The van der Waals surface area contributed by atoms with Crippen LogP contribution in [0.1, 0.15) is 31.6 Å². The maximum absolute atomic E-state index is 12.6. The van der Waals surface area contributed by atoms with E-state index in [4.69, 9.17) is 4.42 Å². The minimum atomic E-state index is -0.488. The van der Waals surface area contributed by atoms with Crippen LogP contribution in [-0.2, 0) is 21.8 Å². The van der Waals surface area contributed by atoms with Crippen molar-refractivity contribution in [2.45, 2.75) is 38.5 Å². The van der Waals surface area contributed by atoms with Gasteiger partial charge in [-0.05, 0) is 30.0 Å². The molecular weight excluding hydrogens is 334 g/mol. The lowest BCUT2D eigenvalue weighted by atomic mass is 10.0. The number of Topliss-reactive ketones (excluding diaryl/α,β-unsaturated/α-hetero) is 1. The molecule has 2 aromatic rings. The van der Waals surface area contributed by atoms with Gasteiger partial charge >= 0.3 is 0 Å². The molecule has 0 bridgehead atoms. The molecule has 2 rings (SSSR count). The Bertz CT molecular complexity index is 653. The van der Waals surface area contributed by atoms with E-state index in [9.17, 15) is 9.59 Å². The molecule has 0 saturated heterocycles. The van der Waals surface area contributed by atoms with Crippen molar-refractivity contribution < 1.29 is 14.0 Å². The lowest BCUT2D eigenvalue weighted by Crippen LogP contribution is -2.43. The Morgan fingerprint density at radius 2 is 1.88 bits per heavy atom. The van der Waals surface area contributed by atoms with Crippen LogP contribution in [0, 0.1) is 5.92 Å². The Hall–Kier alpha value is -2.01. The number of ketones is 1. The topological polar surface area (TPSA) is 59.3 Å². The highest BCUT2D eigenvalue weighted by molar-refractivity contribution is 7.99. The van der Waals surface area contributed by atoms with Crippen molar-refractivity contribution in [1.82, 2.24) is 5.32 Å². The molecule has 0 aliphatic rings. The van der Waals surface area contributed by atoms with E-state index in [1.807, 2.05) is 56.3 Å². The molecule has 4 nitrogen and oxygen atoms in total. The van der Waals surface area contributed by atoms with Crippen molar-refractivity contribution in [3.63, 3.8) is 0 Å². The largest absolute Gasteiger partial charge is 0.468 e. The van der Waals surface area contributed by atoms with Crippen molar-refractivity contribution >= 4 is 23.5 Å². The third-order valence-corrected chi connectivity index (χ3v) is 4.65. The van der Waals surface area contributed by atoms with E-state index in [0.29, 0.717) is 24.3 Å². The Morgan fingerprint density at radius 3 is 2.52 bits per heavy atom. The van der Waals surface area contributed by atoms with E-state index in [1.54, 1.807) is 6.26 Å². The number of hydrogen-bond acceptors (Lipinski definition) is 4. The number of amides is 1. The standard InChI is InChI=1S/C20H25NO3S/c1-15(2)11-20(23)21-18(12-16-7-4-3-5-8-16)19(22)14-25-13-17-9-6-10-24-17/h3-10,15,18H,11-14H2,1-2H3,(H,21,23)/t18-/m0/s1. The van der Waals surface area contributed by atoms with Crippen LogP contribution in [-0.4, -0.2) is 23.5 Å². The zero-order valence-electron chi connectivity index (χ0n) is 14.7. The number of benzene rings is 1. The molecule has 0 saturated carbocycles. The van der Waals surface area contributed by atoms with Crippen molar-refractivity contribution in [2.24, 2.45) is 5.92 Å². The highest BCUT2D eigenvalue weighted by Crippen LogP contribution is 2.14. The first kappa shape index (κ1) is 19.3. The molecule has 0 unspecified atom stereocenters. The first-order valence-corrected chi connectivity index (χ1v) is 9.66. The maximum atomic E-state index is 12.6. The molecule has 0 fully saturated rings. The van der Waals surface area contributed by atoms with Crippen LogP contribution in [0.3, 0.4) is 0 Å². The number of nitrogens with one attached hydrogen (secondary N) is 1. The summed E-state index contributed by atoms with van der Waals surface area (Å²) in [6, 6.07) is 13.0. The summed E-state index contributed by atoms with van der Waals surface area (Å²) in [6.07, 6.45) is 2.57. The fourth-order valence-corrected chi connectivity index (χ4v) is 3.34. The molecule has 0 aliphatic heterocycles.